The van der Waals surface area contributed by atoms with Crippen LogP contribution in [0.4, 0.5) is 11.4 Å². The molecule has 37 heavy (non-hydrogen) atoms. The first-order valence-electron chi connectivity index (χ1n) is 13.0. The van der Waals surface area contributed by atoms with Gasteiger partial charge in [0.2, 0.25) is 0 Å². The lowest BCUT2D eigenvalue weighted by Crippen LogP contribution is -2.44. The number of rotatable bonds is 10. The van der Waals surface area contributed by atoms with Crippen LogP contribution < -0.4 is 15.5 Å². The molecule has 2 aromatic carbocycles. The molecular formula is C29H37N5O3. The van der Waals surface area contributed by atoms with E-state index in [-0.39, 0.29) is 5.91 Å². The SMILES string of the molecule is CCN(CC)CCOC=Cc1ccc2c(c1)C(=CNc1ccc(N3CCN(C)CC3)cc1)C(=O)NC2=O. The topological polar surface area (TPSA) is 77.2 Å². The van der Waals surface area contributed by atoms with Crippen LogP contribution in [0.25, 0.3) is 11.6 Å². The van der Waals surface area contributed by atoms with Crippen LogP contribution in [0.5, 0.6) is 0 Å². The number of piperazine rings is 1. The molecule has 2 heterocycles. The van der Waals surface area contributed by atoms with E-state index in [0.717, 1.165) is 57.1 Å². The van der Waals surface area contributed by atoms with Gasteiger partial charge in [-0.15, -0.1) is 0 Å². The standard InChI is InChI=1S/C29H37N5O3/c1-4-33(5-2)17-19-37-18-12-22-6-11-25-26(20-22)27(29(36)31-28(25)35)21-30-23-7-9-24(10-8-23)34-15-13-32(3)14-16-34/h6-12,18,20-21,30H,4-5,13-17,19H2,1-3H3,(H,31,35,36). The molecule has 0 radical (unpaired) electrons. The molecule has 0 bridgehead atoms. The van der Waals surface area contributed by atoms with Crippen LogP contribution >= 0.6 is 0 Å². The van der Waals surface area contributed by atoms with Crippen molar-refractivity contribution in [3.8, 4) is 0 Å². The molecule has 2 amide bonds. The quantitative estimate of drug-likeness (QED) is 0.222. The van der Waals surface area contributed by atoms with E-state index in [1.165, 1.54) is 5.69 Å². The van der Waals surface area contributed by atoms with Gasteiger partial charge in [0, 0.05) is 61.4 Å². The van der Waals surface area contributed by atoms with Crippen molar-refractivity contribution in [2.45, 2.75) is 13.8 Å². The van der Waals surface area contributed by atoms with Gasteiger partial charge in [0.05, 0.1) is 18.4 Å². The van der Waals surface area contributed by atoms with E-state index in [4.69, 9.17) is 4.74 Å². The van der Waals surface area contributed by atoms with E-state index in [0.29, 0.717) is 23.3 Å². The molecule has 8 nitrogen and oxygen atoms in total. The zero-order chi connectivity index (χ0) is 26.2. The lowest BCUT2D eigenvalue weighted by Gasteiger charge is -2.34. The third-order valence-electron chi connectivity index (χ3n) is 6.95. The number of hydrogen-bond donors (Lipinski definition) is 2. The molecule has 2 N–H and O–H groups in total. The molecule has 0 saturated carbocycles. The van der Waals surface area contributed by atoms with Gasteiger partial charge in [-0.1, -0.05) is 19.9 Å². The van der Waals surface area contributed by atoms with Gasteiger partial charge < -0.3 is 24.8 Å². The fraction of sp³-hybridized carbons (Fsp3) is 0.379. The number of amides is 2. The summed E-state index contributed by atoms with van der Waals surface area (Å²) in [5, 5.41) is 5.66. The highest BCUT2D eigenvalue weighted by Crippen LogP contribution is 2.27. The van der Waals surface area contributed by atoms with Crippen LogP contribution in [0.2, 0.25) is 0 Å². The Hall–Kier alpha value is -3.62. The molecule has 196 valence electrons. The van der Waals surface area contributed by atoms with Gasteiger partial charge in [0.1, 0.15) is 0 Å². The predicted octanol–water partition coefficient (Wildman–Crippen LogP) is 3.49. The minimum Gasteiger partial charge on any atom is -0.500 e. The molecule has 2 aliphatic heterocycles. The van der Waals surface area contributed by atoms with Gasteiger partial charge in [-0.25, -0.2) is 0 Å². The van der Waals surface area contributed by atoms with Crippen molar-refractivity contribution in [2.75, 3.05) is 69.7 Å². The van der Waals surface area contributed by atoms with Crippen LogP contribution in [0.3, 0.4) is 0 Å². The van der Waals surface area contributed by atoms with Crippen molar-refractivity contribution in [1.29, 1.82) is 0 Å². The van der Waals surface area contributed by atoms with Gasteiger partial charge in [-0.3, -0.25) is 14.9 Å². The molecule has 0 aliphatic carbocycles. The van der Waals surface area contributed by atoms with Gasteiger partial charge in [0.25, 0.3) is 11.8 Å². The maximum Gasteiger partial charge on any atom is 0.260 e. The van der Waals surface area contributed by atoms with E-state index in [1.54, 1.807) is 18.5 Å². The largest absolute Gasteiger partial charge is 0.500 e. The zero-order valence-corrected chi connectivity index (χ0v) is 22.0. The molecule has 2 aliphatic rings. The number of carbonyl (C=O) groups excluding carboxylic acids is 2. The Bertz CT molecular complexity index is 1150. The number of fused-ring (bicyclic) bond motifs is 1. The Balaban J connectivity index is 1.44. The number of ether oxygens (including phenoxy) is 1. The lowest BCUT2D eigenvalue weighted by molar-refractivity contribution is -0.114. The van der Waals surface area contributed by atoms with Crippen molar-refractivity contribution in [1.82, 2.24) is 15.1 Å². The molecule has 0 aromatic heterocycles. The lowest BCUT2D eigenvalue weighted by atomic mass is 9.93. The Morgan fingerprint density at radius 1 is 0.973 bits per heavy atom. The second-order valence-electron chi connectivity index (χ2n) is 9.33. The number of benzene rings is 2. The average molecular weight is 504 g/mol. The summed E-state index contributed by atoms with van der Waals surface area (Å²) >= 11 is 0. The molecule has 1 fully saturated rings. The Labute approximate surface area is 219 Å². The first kappa shape index (κ1) is 26.4. The predicted molar refractivity (Wildman–Crippen MR) is 149 cm³/mol. The number of hydrogen-bond acceptors (Lipinski definition) is 7. The zero-order valence-electron chi connectivity index (χ0n) is 22.0. The van der Waals surface area contributed by atoms with E-state index in [1.807, 2.05) is 30.3 Å². The third-order valence-corrected chi connectivity index (χ3v) is 6.95. The molecule has 2 aromatic rings. The second kappa shape index (κ2) is 12.6. The molecule has 1 saturated heterocycles. The van der Waals surface area contributed by atoms with E-state index in [2.05, 4.69) is 58.4 Å². The normalized spacial score (nSPS) is 17.4. The number of anilines is 2. The summed E-state index contributed by atoms with van der Waals surface area (Å²) in [6, 6.07) is 13.6. The summed E-state index contributed by atoms with van der Waals surface area (Å²) in [7, 11) is 2.15. The molecule has 8 heteroatoms. The summed E-state index contributed by atoms with van der Waals surface area (Å²) in [5.41, 5.74) is 4.39. The van der Waals surface area contributed by atoms with Crippen LogP contribution in [-0.2, 0) is 9.53 Å². The maximum atomic E-state index is 12.7. The van der Waals surface area contributed by atoms with E-state index in [9.17, 15) is 9.59 Å². The molecule has 0 unspecified atom stereocenters. The highest BCUT2D eigenvalue weighted by atomic mass is 16.5. The fourth-order valence-corrected chi connectivity index (χ4v) is 4.49. The van der Waals surface area contributed by atoms with Crippen molar-refractivity contribution in [3.63, 3.8) is 0 Å². The smallest absolute Gasteiger partial charge is 0.260 e. The van der Waals surface area contributed by atoms with Crippen molar-refractivity contribution in [2.24, 2.45) is 0 Å². The van der Waals surface area contributed by atoms with Gasteiger partial charge >= 0.3 is 0 Å². The summed E-state index contributed by atoms with van der Waals surface area (Å²) in [6.45, 7) is 11.9. The second-order valence-corrected chi connectivity index (χ2v) is 9.33. The number of nitrogens with one attached hydrogen (secondary N) is 2. The summed E-state index contributed by atoms with van der Waals surface area (Å²) in [6.07, 6.45) is 5.18. The monoisotopic (exact) mass is 503 g/mol. The number of carbonyl (C=O) groups is 2. The Morgan fingerprint density at radius 3 is 2.41 bits per heavy atom. The van der Waals surface area contributed by atoms with Crippen LogP contribution in [0, 0.1) is 0 Å². The van der Waals surface area contributed by atoms with Gasteiger partial charge in [-0.2, -0.15) is 0 Å². The van der Waals surface area contributed by atoms with Crippen molar-refractivity contribution >= 4 is 34.8 Å². The first-order valence-corrected chi connectivity index (χ1v) is 13.0. The van der Waals surface area contributed by atoms with Crippen LogP contribution in [0.15, 0.2) is 54.9 Å². The number of imide groups is 1. The summed E-state index contributed by atoms with van der Waals surface area (Å²) < 4.78 is 5.65. The molecule has 0 atom stereocenters. The number of nitrogens with zero attached hydrogens (tertiary/aromatic N) is 3. The summed E-state index contributed by atoms with van der Waals surface area (Å²) in [4.78, 5) is 32.1. The Morgan fingerprint density at radius 2 is 1.70 bits per heavy atom. The molecule has 4 rings (SSSR count). The Kier molecular flexibility index (Phi) is 8.98. The molecular weight excluding hydrogens is 466 g/mol. The van der Waals surface area contributed by atoms with Crippen molar-refractivity contribution in [3.05, 3.63) is 71.6 Å². The van der Waals surface area contributed by atoms with Gasteiger partial charge in [-0.05, 0) is 68.2 Å². The minimum absolute atomic E-state index is 0.389. The van der Waals surface area contributed by atoms with Gasteiger partial charge in [0.15, 0.2) is 0 Å². The summed E-state index contributed by atoms with van der Waals surface area (Å²) in [5.74, 6) is -0.810. The third kappa shape index (κ3) is 6.78. The van der Waals surface area contributed by atoms with Crippen LogP contribution in [-0.4, -0.2) is 81.1 Å². The minimum atomic E-state index is -0.421. The average Bonchev–Trinajstić information content (AvgIpc) is 2.91. The highest BCUT2D eigenvalue weighted by Gasteiger charge is 2.27. The fourth-order valence-electron chi connectivity index (χ4n) is 4.49. The van der Waals surface area contributed by atoms with E-state index < -0.39 is 5.91 Å². The first-order chi connectivity index (χ1) is 18.0. The molecule has 0 spiro atoms. The van der Waals surface area contributed by atoms with Crippen molar-refractivity contribution < 1.29 is 14.3 Å². The number of likely N-dealkylation sites (N-methyl/N-ethyl adjacent to an activating group) is 2. The van der Waals surface area contributed by atoms with E-state index >= 15 is 0 Å². The van der Waals surface area contributed by atoms with Crippen LogP contribution in [0.1, 0.15) is 35.3 Å². The maximum absolute atomic E-state index is 12.7. The highest BCUT2D eigenvalue weighted by molar-refractivity contribution is 6.31.